The maximum absolute atomic E-state index is 12.7. The van der Waals surface area contributed by atoms with Crippen molar-refractivity contribution in [1.29, 1.82) is 0 Å². The zero-order chi connectivity index (χ0) is 18.2. The highest BCUT2D eigenvalue weighted by molar-refractivity contribution is 6.05. The van der Waals surface area contributed by atoms with Crippen LogP contribution in [-0.4, -0.2) is 30.5 Å². The summed E-state index contributed by atoms with van der Waals surface area (Å²) in [4.78, 5) is 12.7. The third-order valence-electron chi connectivity index (χ3n) is 4.23. The molecule has 0 fully saturated rings. The van der Waals surface area contributed by atoms with Crippen molar-refractivity contribution in [3.63, 3.8) is 0 Å². The molecule has 0 atom stereocenters. The summed E-state index contributed by atoms with van der Waals surface area (Å²) in [7, 11) is 1.83. The Bertz CT molecular complexity index is 885. The second-order valence-corrected chi connectivity index (χ2v) is 7.06. The number of hydrogen-bond acceptors (Lipinski definition) is 4. The fourth-order valence-electron chi connectivity index (χ4n) is 2.54. The Morgan fingerprint density at radius 2 is 1.68 bits per heavy atom. The third kappa shape index (κ3) is 3.31. The number of carbonyl (C=O) groups is 1. The Morgan fingerprint density at radius 3 is 2.24 bits per heavy atom. The third-order valence-corrected chi connectivity index (χ3v) is 4.23. The zero-order valence-electron chi connectivity index (χ0n) is 15.1. The monoisotopic (exact) mass is 338 g/mol. The van der Waals surface area contributed by atoms with Gasteiger partial charge < -0.3 is 5.32 Å². The highest BCUT2D eigenvalue weighted by atomic mass is 16.1. The van der Waals surface area contributed by atoms with E-state index in [0.717, 1.165) is 5.69 Å². The van der Waals surface area contributed by atoms with E-state index >= 15 is 0 Å². The highest BCUT2D eigenvalue weighted by Crippen LogP contribution is 2.25. The van der Waals surface area contributed by atoms with Crippen LogP contribution in [0.2, 0.25) is 0 Å². The van der Waals surface area contributed by atoms with Crippen LogP contribution >= 0.6 is 0 Å². The van der Waals surface area contributed by atoms with Crippen LogP contribution < -0.4 is 5.32 Å². The van der Waals surface area contributed by atoms with Crippen LogP contribution in [0.3, 0.4) is 0 Å². The number of hydrogen-bond donors (Lipinski definition) is 1. The fraction of sp³-hybridized carbons (Fsp3) is 0.333. The van der Waals surface area contributed by atoms with E-state index in [1.165, 1.54) is 5.56 Å². The second-order valence-electron chi connectivity index (χ2n) is 7.06. The van der Waals surface area contributed by atoms with Gasteiger partial charge in [0.2, 0.25) is 0 Å². The van der Waals surface area contributed by atoms with Gasteiger partial charge in [0.05, 0.1) is 5.69 Å². The number of anilines is 1. The Labute approximate surface area is 146 Å². The minimum absolute atomic E-state index is 0.0521. The first-order valence-corrected chi connectivity index (χ1v) is 8.08. The Balaban J connectivity index is 1.89. The zero-order valence-corrected chi connectivity index (χ0v) is 15.1. The predicted octanol–water partition coefficient (Wildman–Crippen LogP) is 2.86. The summed E-state index contributed by atoms with van der Waals surface area (Å²) in [5.74, 6) is 0.413. The van der Waals surface area contributed by atoms with E-state index in [0.29, 0.717) is 17.1 Å². The van der Waals surface area contributed by atoms with Gasteiger partial charge in [0, 0.05) is 12.6 Å². The van der Waals surface area contributed by atoms with Gasteiger partial charge in [-0.2, -0.15) is 5.10 Å². The molecule has 1 N–H and O–H groups in total. The number of carbonyl (C=O) groups excluding carboxylic acids is 1. The second kappa shape index (κ2) is 6.16. The number of aryl methyl sites for hydroxylation is 1. The molecule has 0 unspecified atom stereocenters. The molecule has 7 heteroatoms. The van der Waals surface area contributed by atoms with Crippen molar-refractivity contribution in [2.24, 2.45) is 7.05 Å². The van der Waals surface area contributed by atoms with Crippen molar-refractivity contribution >= 4 is 11.6 Å². The fourth-order valence-corrected chi connectivity index (χ4v) is 2.54. The molecule has 0 saturated heterocycles. The smallest absolute Gasteiger partial charge is 0.255 e. The number of rotatable bonds is 3. The van der Waals surface area contributed by atoms with Crippen molar-refractivity contribution in [2.45, 2.75) is 33.1 Å². The lowest BCUT2D eigenvalue weighted by Gasteiger charge is -2.19. The van der Waals surface area contributed by atoms with Gasteiger partial charge in [-0.25, -0.2) is 0 Å². The van der Waals surface area contributed by atoms with Crippen molar-refractivity contribution in [2.75, 3.05) is 5.32 Å². The molecular formula is C18H22N6O. The Morgan fingerprint density at radius 1 is 1.08 bits per heavy atom. The predicted molar refractivity (Wildman–Crippen MR) is 96.0 cm³/mol. The van der Waals surface area contributed by atoms with Gasteiger partial charge in [0.1, 0.15) is 18.3 Å². The highest BCUT2D eigenvalue weighted by Gasteiger charge is 2.19. The van der Waals surface area contributed by atoms with Crippen LogP contribution in [0.5, 0.6) is 0 Å². The molecule has 0 aliphatic heterocycles. The number of nitrogens with zero attached hydrogens (tertiary/aromatic N) is 5. The van der Waals surface area contributed by atoms with Crippen LogP contribution in [0.4, 0.5) is 5.69 Å². The summed E-state index contributed by atoms with van der Waals surface area (Å²) in [6.45, 7) is 8.34. The number of amides is 1. The molecule has 1 amide bonds. The minimum atomic E-state index is -0.175. The van der Waals surface area contributed by atoms with E-state index in [-0.39, 0.29) is 11.3 Å². The summed E-state index contributed by atoms with van der Waals surface area (Å²) in [6.07, 6.45) is 3.10. The molecule has 2 aromatic heterocycles. The summed E-state index contributed by atoms with van der Waals surface area (Å²) in [6, 6.07) is 7.68. The molecule has 0 bridgehead atoms. The summed E-state index contributed by atoms with van der Waals surface area (Å²) >= 11 is 0. The lowest BCUT2D eigenvalue weighted by Crippen LogP contribution is -2.15. The summed E-state index contributed by atoms with van der Waals surface area (Å²) in [5, 5.41) is 15.0. The van der Waals surface area contributed by atoms with E-state index in [1.807, 2.05) is 38.2 Å². The largest absolute Gasteiger partial charge is 0.317 e. The van der Waals surface area contributed by atoms with Gasteiger partial charge >= 0.3 is 0 Å². The van der Waals surface area contributed by atoms with Gasteiger partial charge in [-0.05, 0) is 30.0 Å². The number of nitrogens with one attached hydrogen (secondary N) is 1. The molecule has 0 aliphatic rings. The molecule has 2 heterocycles. The summed E-state index contributed by atoms with van der Waals surface area (Å²) in [5.41, 5.74) is 3.34. The Kier molecular flexibility index (Phi) is 4.16. The number of aromatic nitrogens is 5. The van der Waals surface area contributed by atoms with Crippen LogP contribution in [0.25, 0.3) is 5.82 Å². The molecule has 130 valence electrons. The molecule has 7 nitrogen and oxygen atoms in total. The molecule has 0 aliphatic carbocycles. The van der Waals surface area contributed by atoms with Crippen molar-refractivity contribution in [3.05, 3.63) is 53.7 Å². The average molecular weight is 338 g/mol. The van der Waals surface area contributed by atoms with Gasteiger partial charge in [0.25, 0.3) is 5.91 Å². The van der Waals surface area contributed by atoms with Gasteiger partial charge in [-0.1, -0.05) is 32.9 Å². The molecule has 3 aromatic rings. The van der Waals surface area contributed by atoms with E-state index in [2.05, 4.69) is 41.4 Å². The van der Waals surface area contributed by atoms with Crippen LogP contribution in [0, 0.1) is 6.92 Å². The summed E-state index contributed by atoms with van der Waals surface area (Å²) < 4.78 is 3.39. The van der Waals surface area contributed by atoms with E-state index in [1.54, 1.807) is 21.9 Å². The number of benzene rings is 1. The molecule has 0 radical (unpaired) electrons. The van der Waals surface area contributed by atoms with Crippen LogP contribution in [0.15, 0.2) is 36.9 Å². The van der Waals surface area contributed by atoms with Crippen molar-refractivity contribution in [1.82, 2.24) is 24.5 Å². The van der Waals surface area contributed by atoms with Gasteiger partial charge in [0.15, 0.2) is 5.82 Å². The first-order chi connectivity index (χ1) is 11.8. The molecule has 3 rings (SSSR count). The maximum Gasteiger partial charge on any atom is 0.255 e. The van der Waals surface area contributed by atoms with Gasteiger partial charge in [-0.3, -0.25) is 14.0 Å². The van der Waals surface area contributed by atoms with Crippen molar-refractivity contribution in [3.8, 4) is 5.82 Å². The van der Waals surface area contributed by atoms with Gasteiger partial charge in [-0.15, -0.1) is 10.2 Å². The topological polar surface area (TPSA) is 77.6 Å². The lowest BCUT2D eigenvalue weighted by atomic mass is 9.87. The van der Waals surface area contributed by atoms with Crippen LogP contribution in [0.1, 0.15) is 42.4 Å². The molecule has 0 spiro atoms. The van der Waals surface area contributed by atoms with E-state index in [9.17, 15) is 4.79 Å². The normalized spacial score (nSPS) is 11.6. The lowest BCUT2D eigenvalue weighted by molar-refractivity contribution is 0.102. The van der Waals surface area contributed by atoms with E-state index < -0.39 is 0 Å². The molecule has 0 saturated carbocycles. The molecular weight excluding hydrogens is 316 g/mol. The van der Waals surface area contributed by atoms with E-state index in [4.69, 9.17) is 0 Å². The SMILES string of the molecule is Cc1c(NC(=O)c2ccc(C(C)(C)C)cc2)c(-n2cnnc2)nn1C. The average Bonchev–Trinajstić information content (AvgIpc) is 3.18. The molecule has 25 heavy (non-hydrogen) atoms. The maximum atomic E-state index is 12.7. The van der Waals surface area contributed by atoms with Crippen LogP contribution in [-0.2, 0) is 12.5 Å². The minimum Gasteiger partial charge on any atom is -0.317 e. The first kappa shape index (κ1) is 16.9. The molecule has 1 aromatic carbocycles. The first-order valence-electron chi connectivity index (χ1n) is 8.08. The van der Waals surface area contributed by atoms with Crippen molar-refractivity contribution < 1.29 is 4.79 Å². The quantitative estimate of drug-likeness (QED) is 0.796. The standard InChI is InChI=1S/C18H22N6O/c1-12-15(16(22-23(12)5)24-10-19-20-11-24)21-17(25)13-6-8-14(9-7-13)18(2,3)4/h6-11H,1-5H3,(H,21,25). The Hall–Kier alpha value is -2.96.